The van der Waals surface area contributed by atoms with Crippen LogP contribution in [0.25, 0.3) is 5.70 Å². The molecule has 2 aromatic rings. The smallest absolute Gasteiger partial charge is 0.306 e. The minimum Gasteiger partial charge on any atom is -0.612 e. The molecule has 0 bridgehead atoms. The number of nitro benzene ring substituents is 1. The van der Waals surface area contributed by atoms with Crippen molar-refractivity contribution >= 4 is 23.0 Å². The van der Waals surface area contributed by atoms with Crippen molar-refractivity contribution in [1.29, 1.82) is 0 Å². The van der Waals surface area contributed by atoms with E-state index in [4.69, 9.17) is 11.6 Å². The normalized spacial score (nSPS) is 11.8. The monoisotopic (exact) mass is 324 g/mol. The van der Waals surface area contributed by atoms with Crippen LogP contribution in [0.5, 0.6) is 0 Å². The highest BCUT2D eigenvalue weighted by molar-refractivity contribution is 6.32. The summed E-state index contributed by atoms with van der Waals surface area (Å²) in [6.07, 6.45) is 3.09. The van der Waals surface area contributed by atoms with E-state index in [-0.39, 0.29) is 16.3 Å². The van der Waals surface area contributed by atoms with E-state index in [0.717, 1.165) is 12.1 Å². The van der Waals surface area contributed by atoms with Crippen LogP contribution in [0, 0.1) is 15.9 Å². The van der Waals surface area contributed by atoms with Crippen molar-refractivity contribution in [2.45, 2.75) is 0 Å². The van der Waals surface area contributed by atoms with Gasteiger partial charge in [-0.25, -0.2) is 0 Å². The number of ether oxygens (including phenoxy) is 1. The van der Waals surface area contributed by atoms with Gasteiger partial charge in [-0.2, -0.15) is 8.96 Å². The maximum absolute atomic E-state index is 13.8. The van der Waals surface area contributed by atoms with E-state index >= 15 is 0 Å². The van der Waals surface area contributed by atoms with Crippen molar-refractivity contribution < 1.29 is 23.7 Å². The second-order valence-electron chi connectivity index (χ2n) is 4.16. The van der Waals surface area contributed by atoms with Gasteiger partial charge in [-0.1, -0.05) is 17.7 Å². The van der Waals surface area contributed by atoms with Gasteiger partial charge in [-0.05, 0) is 13.2 Å². The molecule has 1 aromatic carbocycles. The zero-order valence-corrected chi connectivity index (χ0v) is 12.1. The highest BCUT2D eigenvalue weighted by Crippen LogP contribution is 2.30. The van der Waals surface area contributed by atoms with Gasteiger partial charge in [0.1, 0.15) is 5.95 Å². The van der Waals surface area contributed by atoms with Crippen molar-refractivity contribution in [2.24, 2.45) is 0 Å². The molecule has 0 saturated heterocycles. The zero-order chi connectivity index (χ0) is 16.3. The van der Waals surface area contributed by atoms with E-state index in [9.17, 15) is 19.6 Å². The fourth-order valence-corrected chi connectivity index (χ4v) is 2.10. The second-order valence-corrected chi connectivity index (χ2v) is 4.57. The number of hydrogen-bond acceptors (Lipinski definition) is 4. The standard InChI is InChI=1S/C14H10ClFN2O4/c1-22-14(19)13(17-5-3-2-4-6-17)9-7-11(16)12(18(20)21)8-10(9)15/h2-8H,1H3/b14-13+. The Bertz CT molecular complexity index is 750. The van der Waals surface area contributed by atoms with E-state index in [1.54, 1.807) is 30.6 Å². The Morgan fingerprint density at radius 3 is 2.50 bits per heavy atom. The average Bonchev–Trinajstić information content (AvgIpc) is 2.51. The van der Waals surface area contributed by atoms with Crippen LogP contribution in [-0.2, 0) is 4.74 Å². The number of pyridine rings is 1. The minimum atomic E-state index is -1.10. The second kappa shape index (κ2) is 6.40. The third kappa shape index (κ3) is 2.99. The first-order valence-corrected chi connectivity index (χ1v) is 6.39. The molecular weight excluding hydrogens is 315 g/mol. The highest BCUT2D eigenvalue weighted by atomic mass is 35.5. The quantitative estimate of drug-likeness (QED) is 0.372. The first-order valence-electron chi connectivity index (χ1n) is 6.01. The SMILES string of the molecule is CO/C([O-])=C(\c1cc(F)c([N+](=O)[O-])cc1Cl)[n+]1ccccc1. The van der Waals surface area contributed by atoms with E-state index < -0.39 is 22.4 Å². The summed E-state index contributed by atoms with van der Waals surface area (Å²) in [5, 5.41) is 22.6. The molecule has 0 aliphatic rings. The average molecular weight is 325 g/mol. The van der Waals surface area contributed by atoms with Gasteiger partial charge < -0.3 is 9.84 Å². The Labute approximate surface area is 129 Å². The zero-order valence-electron chi connectivity index (χ0n) is 11.3. The molecule has 0 atom stereocenters. The van der Waals surface area contributed by atoms with Gasteiger partial charge in [0.15, 0.2) is 12.4 Å². The Morgan fingerprint density at radius 1 is 1.32 bits per heavy atom. The summed E-state index contributed by atoms with van der Waals surface area (Å²) < 4.78 is 19.9. The van der Waals surface area contributed by atoms with Gasteiger partial charge in [0.2, 0.25) is 11.5 Å². The molecule has 2 rings (SSSR count). The first kappa shape index (κ1) is 15.7. The lowest BCUT2D eigenvalue weighted by Crippen LogP contribution is -2.35. The van der Waals surface area contributed by atoms with E-state index in [2.05, 4.69) is 4.74 Å². The Morgan fingerprint density at radius 2 is 1.95 bits per heavy atom. The summed E-state index contributed by atoms with van der Waals surface area (Å²) in [6.45, 7) is 0. The van der Waals surface area contributed by atoms with Gasteiger partial charge in [0, 0.05) is 18.2 Å². The molecule has 0 aliphatic carbocycles. The largest absolute Gasteiger partial charge is 0.612 e. The fraction of sp³-hybridized carbons (Fsp3) is 0.0714. The van der Waals surface area contributed by atoms with Crippen molar-refractivity contribution in [3.63, 3.8) is 0 Å². The molecule has 0 radical (unpaired) electrons. The molecule has 22 heavy (non-hydrogen) atoms. The van der Waals surface area contributed by atoms with Crippen LogP contribution >= 0.6 is 11.6 Å². The molecule has 0 spiro atoms. The molecule has 0 amide bonds. The number of aromatic nitrogens is 1. The summed E-state index contributed by atoms with van der Waals surface area (Å²) in [4.78, 5) is 9.83. The maximum atomic E-state index is 13.8. The molecule has 0 unspecified atom stereocenters. The number of rotatable bonds is 4. The molecule has 0 aliphatic heterocycles. The Kier molecular flexibility index (Phi) is 4.57. The van der Waals surface area contributed by atoms with E-state index in [1.807, 2.05) is 0 Å². The van der Waals surface area contributed by atoms with Crippen LogP contribution in [0.4, 0.5) is 10.1 Å². The topological polar surface area (TPSA) is 79.3 Å². The van der Waals surface area contributed by atoms with Crippen LogP contribution in [0.2, 0.25) is 5.02 Å². The van der Waals surface area contributed by atoms with Gasteiger partial charge >= 0.3 is 5.69 Å². The first-order chi connectivity index (χ1) is 10.5. The molecule has 114 valence electrons. The molecule has 0 N–H and O–H groups in total. The third-order valence-corrected chi connectivity index (χ3v) is 3.15. The van der Waals surface area contributed by atoms with Crippen LogP contribution in [0.15, 0.2) is 48.7 Å². The molecule has 8 heteroatoms. The minimum absolute atomic E-state index is 0.00665. The van der Waals surface area contributed by atoms with Crippen molar-refractivity contribution in [2.75, 3.05) is 7.11 Å². The molecule has 1 heterocycles. The Hall–Kier alpha value is -2.67. The van der Waals surface area contributed by atoms with Gasteiger partial charge in [-0.15, -0.1) is 0 Å². The number of hydrogen-bond donors (Lipinski definition) is 0. The van der Waals surface area contributed by atoms with Crippen LogP contribution in [-0.4, -0.2) is 12.0 Å². The molecule has 6 nitrogen and oxygen atoms in total. The van der Waals surface area contributed by atoms with Crippen LogP contribution < -0.4 is 9.67 Å². The van der Waals surface area contributed by atoms with Crippen LogP contribution in [0.1, 0.15) is 5.56 Å². The number of benzene rings is 1. The maximum Gasteiger partial charge on any atom is 0.306 e. The van der Waals surface area contributed by atoms with Gasteiger partial charge in [0.05, 0.1) is 15.5 Å². The number of nitrogens with zero attached hydrogens (tertiary/aromatic N) is 2. The van der Waals surface area contributed by atoms with Crippen molar-refractivity contribution in [1.82, 2.24) is 0 Å². The number of halogens is 2. The molecule has 0 saturated carbocycles. The van der Waals surface area contributed by atoms with Crippen molar-refractivity contribution in [3.05, 3.63) is 75.2 Å². The summed E-state index contributed by atoms with van der Waals surface area (Å²) in [5.74, 6) is -1.85. The molecule has 0 fully saturated rings. The van der Waals surface area contributed by atoms with Gasteiger partial charge in [0.25, 0.3) is 0 Å². The summed E-state index contributed by atoms with van der Waals surface area (Å²) in [6, 6.07) is 6.73. The number of nitro groups is 1. The third-order valence-electron chi connectivity index (χ3n) is 2.84. The lowest BCUT2D eigenvalue weighted by molar-refractivity contribution is -0.586. The highest BCUT2D eigenvalue weighted by Gasteiger charge is 2.24. The van der Waals surface area contributed by atoms with Crippen LogP contribution in [0.3, 0.4) is 0 Å². The fourth-order valence-electron chi connectivity index (χ4n) is 1.86. The number of methoxy groups -OCH3 is 1. The summed E-state index contributed by atoms with van der Waals surface area (Å²) in [7, 11) is 1.17. The predicted octanol–water partition coefficient (Wildman–Crippen LogP) is 1.86. The lowest BCUT2D eigenvalue weighted by Gasteiger charge is -2.13. The molecular formula is C14H10ClFN2O4. The summed E-state index contributed by atoms with van der Waals surface area (Å²) in [5.41, 5.74) is -0.828. The van der Waals surface area contributed by atoms with Gasteiger partial charge in [-0.3, -0.25) is 10.1 Å². The lowest BCUT2D eigenvalue weighted by atomic mass is 10.1. The molecule has 1 aromatic heterocycles. The van der Waals surface area contributed by atoms with E-state index in [0.29, 0.717) is 0 Å². The predicted molar refractivity (Wildman–Crippen MR) is 74.0 cm³/mol. The van der Waals surface area contributed by atoms with E-state index in [1.165, 1.54) is 11.7 Å². The summed E-state index contributed by atoms with van der Waals surface area (Å²) >= 11 is 5.98. The Balaban J connectivity index is 2.70. The van der Waals surface area contributed by atoms with Crippen molar-refractivity contribution in [3.8, 4) is 0 Å².